The van der Waals surface area contributed by atoms with Gasteiger partial charge in [-0.05, 0) is 40.3 Å². The molecule has 20 heavy (non-hydrogen) atoms. The lowest BCUT2D eigenvalue weighted by Gasteiger charge is -2.04. The van der Waals surface area contributed by atoms with Crippen LogP contribution >= 0.6 is 0 Å². The van der Waals surface area contributed by atoms with Crippen LogP contribution in [0.2, 0.25) is 0 Å². The highest BCUT2D eigenvalue weighted by Crippen LogP contribution is 2.15. The highest BCUT2D eigenvalue weighted by atomic mass is 15.5. The molecule has 0 saturated carbocycles. The molecular formula is C14H10N6. The molecule has 6 nitrogen and oxygen atoms in total. The average molecular weight is 262 g/mol. The molecule has 1 aromatic carbocycles. The van der Waals surface area contributed by atoms with Gasteiger partial charge in [0.1, 0.15) is 0 Å². The first-order valence-electron chi connectivity index (χ1n) is 6.02. The van der Waals surface area contributed by atoms with Crippen LogP contribution in [0, 0.1) is 11.3 Å². The van der Waals surface area contributed by atoms with Gasteiger partial charge in [0.05, 0.1) is 18.2 Å². The van der Waals surface area contributed by atoms with Crippen molar-refractivity contribution < 1.29 is 0 Å². The summed E-state index contributed by atoms with van der Waals surface area (Å²) in [6.45, 7) is 0.507. The number of aromatic nitrogens is 5. The molecule has 0 aliphatic heterocycles. The summed E-state index contributed by atoms with van der Waals surface area (Å²) in [7, 11) is 0. The number of tetrazole rings is 1. The van der Waals surface area contributed by atoms with Crippen molar-refractivity contribution in [2.24, 2.45) is 0 Å². The molecule has 0 aliphatic rings. The maximum Gasteiger partial charge on any atom is 0.183 e. The van der Waals surface area contributed by atoms with E-state index in [-0.39, 0.29) is 0 Å². The molecule has 2 aromatic heterocycles. The van der Waals surface area contributed by atoms with E-state index in [1.54, 1.807) is 23.1 Å². The normalized spacial score (nSPS) is 10.2. The third-order valence-corrected chi connectivity index (χ3v) is 2.84. The zero-order valence-electron chi connectivity index (χ0n) is 10.5. The van der Waals surface area contributed by atoms with Gasteiger partial charge in [0.2, 0.25) is 0 Å². The second-order valence-corrected chi connectivity index (χ2v) is 4.21. The summed E-state index contributed by atoms with van der Waals surface area (Å²) >= 11 is 0. The monoisotopic (exact) mass is 262 g/mol. The maximum atomic E-state index is 8.92. The highest BCUT2D eigenvalue weighted by Gasteiger charge is 2.09. The van der Waals surface area contributed by atoms with Gasteiger partial charge in [-0.1, -0.05) is 12.1 Å². The van der Waals surface area contributed by atoms with Gasteiger partial charge < -0.3 is 0 Å². The first kappa shape index (κ1) is 12.0. The van der Waals surface area contributed by atoms with Crippen molar-refractivity contribution in [3.05, 3.63) is 59.9 Å². The third-order valence-electron chi connectivity index (χ3n) is 2.84. The number of benzene rings is 1. The summed E-state index contributed by atoms with van der Waals surface area (Å²) in [4.78, 5) is 4.06. The van der Waals surface area contributed by atoms with Gasteiger partial charge in [-0.3, -0.25) is 4.98 Å². The van der Waals surface area contributed by atoms with Gasteiger partial charge in [0.15, 0.2) is 5.82 Å². The minimum atomic E-state index is 0.507. The number of hydrogen-bond acceptors (Lipinski definition) is 5. The van der Waals surface area contributed by atoms with Crippen LogP contribution in [-0.2, 0) is 6.54 Å². The number of hydrogen-bond donors (Lipinski definition) is 0. The zero-order chi connectivity index (χ0) is 13.8. The van der Waals surface area contributed by atoms with Crippen LogP contribution < -0.4 is 0 Å². The van der Waals surface area contributed by atoms with Crippen molar-refractivity contribution in [1.29, 1.82) is 5.26 Å². The molecule has 0 saturated heterocycles. The van der Waals surface area contributed by atoms with Crippen LogP contribution in [0.15, 0.2) is 48.8 Å². The second kappa shape index (κ2) is 5.28. The van der Waals surface area contributed by atoms with Gasteiger partial charge in [-0.15, -0.1) is 5.10 Å². The molecule has 0 N–H and O–H groups in total. The van der Waals surface area contributed by atoms with Crippen molar-refractivity contribution in [3.63, 3.8) is 0 Å². The first-order chi connectivity index (χ1) is 9.86. The average Bonchev–Trinajstić information content (AvgIpc) is 2.96. The quantitative estimate of drug-likeness (QED) is 0.717. The summed E-state index contributed by atoms with van der Waals surface area (Å²) < 4.78 is 1.69. The SMILES string of the molecule is N#Cc1cccc(Cn2nnnc2-c2cccnc2)c1. The van der Waals surface area contributed by atoms with E-state index in [4.69, 9.17) is 5.26 Å². The fraction of sp³-hybridized carbons (Fsp3) is 0.0714. The Kier molecular flexibility index (Phi) is 3.17. The van der Waals surface area contributed by atoms with E-state index in [1.807, 2.05) is 30.3 Å². The maximum absolute atomic E-state index is 8.92. The molecule has 0 atom stereocenters. The van der Waals surface area contributed by atoms with Gasteiger partial charge in [-0.2, -0.15) is 5.26 Å². The van der Waals surface area contributed by atoms with Gasteiger partial charge >= 0.3 is 0 Å². The zero-order valence-corrected chi connectivity index (χ0v) is 10.5. The van der Waals surface area contributed by atoms with E-state index in [2.05, 4.69) is 26.6 Å². The Morgan fingerprint density at radius 3 is 2.95 bits per heavy atom. The van der Waals surface area contributed by atoms with Crippen molar-refractivity contribution in [2.75, 3.05) is 0 Å². The summed E-state index contributed by atoms with van der Waals surface area (Å²) in [5.41, 5.74) is 2.45. The van der Waals surface area contributed by atoms with Crippen molar-refractivity contribution in [1.82, 2.24) is 25.2 Å². The lowest BCUT2D eigenvalue weighted by atomic mass is 10.1. The molecule has 0 unspecified atom stereocenters. The lowest BCUT2D eigenvalue weighted by Crippen LogP contribution is -2.04. The third kappa shape index (κ3) is 2.37. The van der Waals surface area contributed by atoms with Gasteiger partial charge in [-0.25, -0.2) is 4.68 Å². The summed E-state index contributed by atoms with van der Waals surface area (Å²) in [5.74, 6) is 0.653. The number of rotatable bonds is 3. The second-order valence-electron chi connectivity index (χ2n) is 4.21. The summed E-state index contributed by atoms with van der Waals surface area (Å²) in [6, 6.07) is 13.3. The largest absolute Gasteiger partial charge is 0.264 e. The van der Waals surface area contributed by atoms with Gasteiger partial charge in [0, 0.05) is 18.0 Å². The minimum Gasteiger partial charge on any atom is -0.264 e. The van der Waals surface area contributed by atoms with Crippen LogP contribution in [0.5, 0.6) is 0 Å². The van der Waals surface area contributed by atoms with E-state index in [0.29, 0.717) is 17.9 Å². The van der Waals surface area contributed by atoms with Crippen LogP contribution in [-0.4, -0.2) is 25.2 Å². The molecule has 96 valence electrons. The summed E-state index contributed by atoms with van der Waals surface area (Å²) in [6.07, 6.45) is 3.42. The number of pyridine rings is 1. The molecule has 2 heterocycles. The van der Waals surface area contributed by atoms with Crippen LogP contribution in [0.3, 0.4) is 0 Å². The lowest BCUT2D eigenvalue weighted by molar-refractivity contribution is 0.653. The van der Waals surface area contributed by atoms with E-state index in [1.165, 1.54) is 0 Å². The van der Waals surface area contributed by atoms with Crippen LogP contribution in [0.25, 0.3) is 11.4 Å². The number of nitrogens with zero attached hydrogens (tertiary/aromatic N) is 6. The Morgan fingerprint density at radius 2 is 2.15 bits per heavy atom. The molecule has 0 amide bonds. The molecule has 6 heteroatoms. The Bertz CT molecular complexity index is 757. The first-order valence-corrected chi connectivity index (χ1v) is 6.02. The molecule has 3 rings (SSSR count). The van der Waals surface area contributed by atoms with Crippen molar-refractivity contribution in [3.8, 4) is 17.5 Å². The topological polar surface area (TPSA) is 80.3 Å². The fourth-order valence-corrected chi connectivity index (χ4v) is 1.93. The summed E-state index contributed by atoms with van der Waals surface area (Å²) in [5, 5.41) is 20.6. The predicted molar refractivity (Wildman–Crippen MR) is 71.3 cm³/mol. The predicted octanol–water partition coefficient (Wildman–Crippen LogP) is 1.66. The van der Waals surface area contributed by atoms with Gasteiger partial charge in [0.25, 0.3) is 0 Å². The Balaban J connectivity index is 1.93. The molecule has 0 radical (unpaired) electrons. The molecule has 0 aliphatic carbocycles. The number of nitriles is 1. The minimum absolute atomic E-state index is 0.507. The smallest absolute Gasteiger partial charge is 0.183 e. The highest BCUT2D eigenvalue weighted by molar-refractivity contribution is 5.52. The molecule has 3 aromatic rings. The molecular weight excluding hydrogens is 252 g/mol. The molecule has 0 bridgehead atoms. The Morgan fingerprint density at radius 1 is 1.20 bits per heavy atom. The van der Waals surface area contributed by atoms with Crippen LogP contribution in [0.1, 0.15) is 11.1 Å². The van der Waals surface area contributed by atoms with Crippen molar-refractivity contribution >= 4 is 0 Å². The Labute approximate surface area is 115 Å². The standard InChI is InChI=1S/C14H10N6/c15-8-11-3-1-4-12(7-11)10-20-14(17-18-19-20)13-5-2-6-16-9-13/h1-7,9H,10H2. The van der Waals surface area contributed by atoms with E-state index >= 15 is 0 Å². The molecule has 0 fully saturated rings. The Hall–Kier alpha value is -3.07. The van der Waals surface area contributed by atoms with E-state index in [0.717, 1.165) is 11.1 Å². The van der Waals surface area contributed by atoms with Crippen LogP contribution in [0.4, 0.5) is 0 Å². The fourth-order valence-electron chi connectivity index (χ4n) is 1.93. The van der Waals surface area contributed by atoms with E-state index in [9.17, 15) is 0 Å². The van der Waals surface area contributed by atoms with Crippen molar-refractivity contribution in [2.45, 2.75) is 6.54 Å². The molecule has 0 spiro atoms. The van der Waals surface area contributed by atoms with E-state index < -0.39 is 0 Å².